The van der Waals surface area contributed by atoms with Crippen LogP contribution in [-0.2, 0) is 6.54 Å². The van der Waals surface area contributed by atoms with Gasteiger partial charge in [-0.25, -0.2) is 0 Å². The fourth-order valence-corrected chi connectivity index (χ4v) is 3.69. The lowest BCUT2D eigenvalue weighted by Gasteiger charge is -2.10. The average Bonchev–Trinajstić information content (AvgIpc) is 2.82. The highest BCUT2D eigenvalue weighted by Gasteiger charge is 2.30. The van der Waals surface area contributed by atoms with Gasteiger partial charge in [0.05, 0.1) is 4.47 Å². The van der Waals surface area contributed by atoms with E-state index in [4.69, 9.17) is 4.74 Å². The van der Waals surface area contributed by atoms with E-state index in [0.717, 1.165) is 27.0 Å². The van der Waals surface area contributed by atoms with Gasteiger partial charge in [0.1, 0.15) is 11.9 Å². The van der Waals surface area contributed by atoms with Gasteiger partial charge in [-0.3, -0.25) is 9.59 Å². The van der Waals surface area contributed by atoms with Gasteiger partial charge in [0.2, 0.25) is 0 Å². The number of carbonyl (C=O) groups excluding carboxylic acids is 1. The molecule has 0 unspecified atom stereocenters. The lowest BCUT2D eigenvalue weighted by atomic mass is 9.96. The van der Waals surface area contributed by atoms with Gasteiger partial charge in [-0.15, -0.1) is 0 Å². The zero-order valence-corrected chi connectivity index (χ0v) is 16.3. The van der Waals surface area contributed by atoms with Crippen LogP contribution in [0.3, 0.4) is 0 Å². The third-order valence-electron chi connectivity index (χ3n) is 4.75. The van der Waals surface area contributed by atoms with Gasteiger partial charge in [0.15, 0.2) is 0 Å². The highest BCUT2D eigenvalue weighted by Crippen LogP contribution is 2.43. The molecular weight excluding hydrogens is 384 g/mol. The Morgan fingerprint density at radius 1 is 1.28 bits per heavy atom. The maximum absolute atomic E-state index is 12.6. The van der Waals surface area contributed by atoms with Crippen molar-refractivity contribution in [2.75, 3.05) is 0 Å². The number of H-pyrrole nitrogens is 1. The number of rotatable bonds is 3. The quantitative estimate of drug-likeness (QED) is 0.820. The molecule has 25 heavy (non-hydrogen) atoms. The van der Waals surface area contributed by atoms with Crippen LogP contribution in [0.1, 0.15) is 52.5 Å². The number of aryl methyl sites for hydroxylation is 2. The van der Waals surface area contributed by atoms with Crippen molar-refractivity contribution < 1.29 is 9.53 Å². The summed E-state index contributed by atoms with van der Waals surface area (Å²) in [5.41, 5.74) is 3.66. The molecule has 0 bridgehead atoms. The SMILES string of the molecule is Cc1cc(C)c(CNC(=O)c2cc(Br)c3c(c2)[C@@H](C)[C@H](C)O3)c(=O)[nH]1. The summed E-state index contributed by atoms with van der Waals surface area (Å²) < 4.78 is 6.61. The summed E-state index contributed by atoms with van der Waals surface area (Å²) >= 11 is 3.49. The van der Waals surface area contributed by atoms with Crippen LogP contribution in [0.5, 0.6) is 5.75 Å². The van der Waals surface area contributed by atoms with Crippen LogP contribution < -0.4 is 15.6 Å². The Labute approximate surface area is 154 Å². The topological polar surface area (TPSA) is 71.2 Å². The van der Waals surface area contributed by atoms with Gasteiger partial charge < -0.3 is 15.0 Å². The van der Waals surface area contributed by atoms with E-state index in [1.54, 1.807) is 6.07 Å². The second-order valence-electron chi connectivity index (χ2n) is 6.61. The number of nitrogens with one attached hydrogen (secondary N) is 2. The van der Waals surface area contributed by atoms with Crippen LogP contribution in [0.25, 0.3) is 0 Å². The van der Waals surface area contributed by atoms with Crippen molar-refractivity contribution in [3.8, 4) is 5.75 Å². The zero-order valence-electron chi connectivity index (χ0n) is 14.7. The third kappa shape index (κ3) is 3.35. The maximum atomic E-state index is 12.6. The molecule has 0 radical (unpaired) electrons. The van der Waals surface area contributed by atoms with E-state index >= 15 is 0 Å². The molecule has 3 rings (SSSR count). The Morgan fingerprint density at radius 3 is 2.68 bits per heavy atom. The molecule has 0 aliphatic carbocycles. The molecule has 132 valence electrons. The number of amides is 1. The molecule has 2 aromatic rings. The van der Waals surface area contributed by atoms with Crippen molar-refractivity contribution >= 4 is 21.8 Å². The van der Waals surface area contributed by atoms with Crippen LogP contribution in [0.15, 0.2) is 27.5 Å². The van der Waals surface area contributed by atoms with E-state index in [1.807, 2.05) is 32.9 Å². The van der Waals surface area contributed by atoms with E-state index in [0.29, 0.717) is 11.1 Å². The van der Waals surface area contributed by atoms with Gasteiger partial charge in [0, 0.05) is 34.8 Å². The average molecular weight is 405 g/mol. The van der Waals surface area contributed by atoms with Crippen LogP contribution in [-0.4, -0.2) is 17.0 Å². The molecule has 0 fully saturated rings. The summed E-state index contributed by atoms with van der Waals surface area (Å²) in [6.45, 7) is 8.00. The predicted octanol–water partition coefficient (Wildman–Crippen LogP) is 3.57. The lowest BCUT2D eigenvalue weighted by molar-refractivity contribution is 0.0950. The molecule has 1 aromatic heterocycles. The molecule has 0 saturated heterocycles. The van der Waals surface area contributed by atoms with Crippen LogP contribution >= 0.6 is 15.9 Å². The fourth-order valence-electron chi connectivity index (χ4n) is 3.12. The number of ether oxygens (including phenoxy) is 1. The number of carbonyl (C=O) groups is 1. The molecule has 2 atom stereocenters. The highest BCUT2D eigenvalue weighted by atomic mass is 79.9. The van der Waals surface area contributed by atoms with Crippen molar-refractivity contribution in [2.45, 2.75) is 46.3 Å². The van der Waals surface area contributed by atoms with Gasteiger partial charge >= 0.3 is 0 Å². The Hall–Kier alpha value is -2.08. The molecular formula is C19H21BrN2O3. The molecule has 0 spiro atoms. The van der Waals surface area contributed by atoms with Crippen LogP contribution in [0, 0.1) is 13.8 Å². The van der Waals surface area contributed by atoms with E-state index in [2.05, 4.69) is 33.2 Å². The van der Waals surface area contributed by atoms with Crippen molar-refractivity contribution in [2.24, 2.45) is 0 Å². The Morgan fingerprint density at radius 2 is 2.00 bits per heavy atom. The molecule has 2 heterocycles. The van der Waals surface area contributed by atoms with Crippen LogP contribution in [0.4, 0.5) is 0 Å². The molecule has 0 saturated carbocycles. The number of hydrogen-bond donors (Lipinski definition) is 2. The minimum absolute atomic E-state index is 0.0818. The minimum Gasteiger partial charge on any atom is -0.489 e. The van der Waals surface area contributed by atoms with Crippen molar-refractivity contribution in [1.82, 2.24) is 10.3 Å². The standard InChI is InChI=1S/C19H21BrN2O3/c1-9-5-10(2)22-19(24)15(9)8-21-18(23)13-6-14-11(3)12(4)25-17(14)16(20)7-13/h5-7,11-12H,8H2,1-4H3,(H,21,23)(H,22,24)/t11-,12-/m0/s1. The number of hydrogen-bond acceptors (Lipinski definition) is 3. The number of aromatic nitrogens is 1. The molecule has 1 aliphatic heterocycles. The molecule has 1 amide bonds. The number of aromatic amines is 1. The van der Waals surface area contributed by atoms with E-state index in [-0.39, 0.29) is 30.0 Å². The minimum atomic E-state index is -0.213. The summed E-state index contributed by atoms with van der Waals surface area (Å²) in [7, 11) is 0. The first-order valence-electron chi connectivity index (χ1n) is 8.25. The fraction of sp³-hybridized carbons (Fsp3) is 0.368. The predicted molar refractivity (Wildman–Crippen MR) is 100 cm³/mol. The summed E-state index contributed by atoms with van der Waals surface area (Å²) in [5.74, 6) is 0.818. The normalized spacial score (nSPS) is 18.6. The second-order valence-corrected chi connectivity index (χ2v) is 7.47. The number of halogens is 1. The number of fused-ring (bicyclic) bond motifs is 1. The zero-order chi connectivity index (χ0) is 18.3. The lowest BCUT2D eigenvalue weighted by Crippen LogP contribution is -2.28. The summed E-state index contributed by atoms with van der Waals surface area (Å²) in [4.78, 5) is 27.4. The summed E-state index contributed by atoms with van der Waals surface area (Å²) in [6.07, 6.45) is 0.0818. The van der Waals surface area contributed by atoms with Gasteiger partial charge in [-0.1, -0.05) is 6.92 Å². The van der Waals surface area contributed by atoms with Crippen molar-refractivity contribution in [3.05, 3.63) is 61.0 Å². The molecule has 2 N–H and O–H groups in total. The van der Waals surface area contributed by atoms with E-state index < -0.39 is 0 Å². The van der Waals surface area contributed by atoms with Gasteiger partial charge in [-0.2, -0.15) is 0 Å². The maximum Gasteiger partial charge on any atom is 0.253 e. The van der Waals surface area contributed by atoms with Crippen molar-refractivity contribution in [3.63, 3.8) is 0 Å². The summed E-state index contributed by atoms with van der Waals surface area (Å²) in [5, 5.41) is 2.84. The highest BCUT2D eigenvalue weighted by molar-refractivity contribution is 9.10. The van der Waals surface area contributed by atoms with Gasteiger partial charge in [0.25, 0.3) is 11.5 Å². The monoisotopic (exact) mass is 404 g/mol. The smallest absolute Gasteiger partial charge is 0.253 e. The number of pyridine rings is 1. The Balaban J connectivity index is 1.82. The van der Waals surface area contributed by atoms with E-state index in [9.17, 15) is 9.59 Å². The molecule has 6 heteroatoms. The van der Waals surface area contributed by atoms with Crippen LogP contribution in [0.2, 0.25) is 0 Å². The first-order valence-corrected chi connectivity index (χ1v) is 9.05. The molecule has 1 aromatic carbocycles. The largest absolute Gasteiger partial charge is 0.489 e. The Kier molecular flexibility index (Phi) is 4.73. The second kappa shape index (κ2) is 6.67. The van der Waals surface area contributed by atoms with E-state index in [1.165, 1.54) is 0 Å². The van der Waals surface area contributed by atoms with Gasteiger partial charge in [-0.05, 0) is 60.5 Å². The molecule has 5 nitrogen and oxygen atoms in total. The molecule has 1 aliphatic rings. The first kappa shape index (κ1) is 17.7. The summed E-state index contributed by atoms with van der Waals surface area (Å²) in [6, 6.07) is 5.52. The first-order chi connectivity index (χ1) is 11.8. The number of benzene rings is 1. The Bertz CT molecular complexity index is 904. The van der Waals surface area contributed by atoms with Crippen molar-refractivity contribution in [1.29, 1.82) is 0 Å². The third-order valence-corrected chi connectivity index (χ3v) is 5.34.